The van der Waals surface area contributed by atoms with Crippen LogP contribution in [-0.4, -0.2) is 47.2 Å². The van der Waals surface area contributed by atoms with Gasteiger partial charge in [0, 0.05) is 26.0 Å². The van der Waals surface area contributed by atoms with Gasteiger partial charge in [0.1, 0.15) is 11.9 Å². The van der Waals surface area contributed by atoms with E-state index in [0.29, 0.717) is 13.1 Å². The van der Waals surface area contributed by atoms with Gasteiger partial charge in [-0.3, -0.25) is 9.69 Å². The Bertz CT molecular complexity index is 350. The van der Waals surface area contributed by atoms with Gasteiger partial charge in [0.2, 0.25) is 0 Å². The van der Waals surface area contributed by atoms with E-state index in [-0.39, 0.29) is 0 Å². The minimum absolute atomic E-state index is 0.397. The van der Waals surface area contributed by atoms with Crippen LogP contribution in [0.4, 0.5) is 0 Å². The van der Waals surface area contributed by atoms with E-state index in [4.69, 9.17) is 5.73 Å². The van der Waals surface area contributed by atoms with Crippen molar-refractivity contribution in [3.05, 3.63) is 18.2 Å². The number of aryl methyl sites for hydroxylation is 1. The number of methoxy groups -OCH3 is 1. The molecule has 0 amide bonds. The van der Waals surface area contributed by atoms with Crippen LogP contribution in [0.3, 0.4) is 0 Å². The Labute approximate surface area is 95.0 Å². The predicted molar refractivity (Wildman–Crippen MR) is 59.5 cm³/mol. The van der Waals surface area contributed by atoms with E-state index in [9.17, 15) is 4.79 Å². The van der Waals surface area contributed by atoms with Crippen LogP contribution >= 0.6 is 0 Å². The molecule has 1 rings (SSSR count). The van der Waals surface area contributed by atoms with E-state index in [1.54, 1.807) is 6.20 Å². The number of nitrogens with two attached hydrogens (primary N) is 1. The Hall–Kier alpha value is -1.40. The summed E-state index contributed by atoms with van der Waals surface area (Å²) in [6, 6.07) is -0.615. The van der Waals surface area contributed by atoms with Gasteiger partial charge in [-0.2, -0.15) is 0 Å². The highest BCUT2D eigenvalue weighted by Crippen LogP contribution is 2.00. The number of rotatable bonds is 5. The number of ether oxygens (including phenoxy) is 1. The van der Waals surface area contributed by atoms with E-state index in [2.05, 4.69) is 9.72 Å². The van der Waals surface area contributed by atoms with Gasteiger partial charge in [0.25, 0.3) is 0 Å². The van der Waals surface area contributed by atoms with Crippen molar-refractivity contribution < 1.29 is 9.53 Å². The summed E-state index contributed by atoms with van der Waals surface area (Å²) in [6.45, 7) is 1.09. The third-order valence-corrected chi connectivity index (χ3v) is 2.34. The normalized spacial score (nSPS) is 12.8. The van der Waals surface area contributed by atoms with Crippen LogP contribution in [0.15, 0.2) is 12.4 Å². The second-order valence-electron chi connectivity index (χ2n) is 3.78. The van der Waals surface area contributed by atoms with E-state index < -0.39 is 12.0 Å². The summed E-state index contributed by atoms with van der Waals surface area (Å²) in [5.74, 6) is 0.534. The fourth-order valence-electron chi connectivity index (χ4n) is 1.42. The molecule has 0 fully saturated rings. The van der Waals surface area contributed by atoms with Crippen LogP contribution in [0.5, 0.6) is 0 Å². The molecular formula is C10H18N4O2. The molecular weight excluding hydrogens is 208 g/mol. The average Bonchev–Trinajstić information content (AvgIpc) is 2.63. The van der Waals surface area contributed by atoms with Crippen molar-refractivity contribution in [1.29, 1.82) is 0 Å². The van der Waals surface area contributed by atoms with Crippen molar-refractivity contribution in [2.45, 2.75) is 12.6 Å². The monoisotopic (exact) mass is 226 g/mol. The second kappa shape index (κ2) is 5.62. The lowest BCUT2D eigenvalue weighted by Gasteiger charge is -2.19. The molecule has 1 aromatic rings. The maximum Gasteiger partial charge on any atom is 0.323 e. The number of carbonyl (C=O) groups is 1. The minimum atomic E-state index is -0.615. The number of likely N-dealkylation sites (N-methyl/N-ethyl adjacent to an activating group) is 1. The van der Waals surface area contributed by atoms with Crippen molar-refractivity contribution >= 4 is 5.97 Å². The summed E-state index contributed by atoms with van der Waals surface area (Å²) in [6.07, 6.45) is 3.62. The number of imidazole rings is 1. The quantitative estimate of drug-likeness (QED) is 0.676. The van der Waals surface area contributed by atoms with Gasteiger partial charge in [0.05, 0.1) is 13.7 Å². The van der Waals surface area contributed by atoms with Crippen LogP contribution in [0, 0.1) is 0 Å². The van der Waals surface area contributed by atoms with E-state index in [0.717, 1.165) is 5.82 Å². The summed E-state index contributed by atoms with van der Waals surface area (Å²) >= 11 is 0. The smallest absolute Gasteiger partial charge is 0.323 e. The Balaban J connectivity index is 2.45. The molecule has 1 aromatic heterocycles. The van der Waals surface area contributed by atoms with Crippen molar-refractivity contribution in [1.82, 2.24) is 14.5 Å². The minimum Gasteiger partial charge on any atom is -0.468 e. The number of hydrogen-bond donors (Lipinski definition) is 1. The number of esters is 1. The maximum atomic E-state index is 11.1. The summed E-state index contributed by atoms with van der Waals surface area (Å²) in [4.78, 5) is 17.2. The predicted octanol–water partition coefficient (Wildman–Crippen LogP) is -0.648. The Morgan fingerprint density at radius 3 is 2.94 bits per heavy atom. The van der Waals surface area contributed by atoms with E-state index in [1.807, 2.05) is 29.8 Å². The van der Waals surface area contributed by atoms with Gasteiger partial charge in [-0.15, -0.1) is 0 Å². The molecule has 0 aliphatic heterocycles. The molecule has 1 unspecified atom stereocenters. The topological polar surface area (TPSA) is 73.4 Å². The molecule has 16 heavy (non-hydrogen) atoms. The van der Waals surface area contributed by atoms with Gasteiger partial charge in [-0.25, -0.2) is 4.98 Å². The molecule has 1 heterocycles. The largest absolute Gasteiger partial charge is 0.468 e. The molecule has 0 spiro atoms. The van der Waals surface area contributed by atoms with Crippen LogP contribution in [-0.2, 0) is 23.1 Å². The first-order valence-electron chi connectivity index (χ1n) is 5.02. The molecule has 0 radical (unpaired) electrons. The summed E-state index contributed by atoms with van der Waals surface area (Å²) in [5, 5.41) is 0. The fourth-order valence-corrected chi connectivity index (χ4v) is 1.42. The van der Waals surface area contributed by atoms with Crippen LogP contribution in [0.1, 0.15) is 5.82 Å². The maximum absolute atomic E-state index is 11.1. The van der Waals surface area contributed by atoms with Crippen LogP contribution in [0.25, 0.3) is 0 Å². The number of hydrogen-bond acceptors (Lipinski definition) is 5. The molecule has 2 N–H and O–H groups in total. The molecule has 90 valence electrons. The molecule has 6 heteroatoms. The lowest BCUT2D eigenvalue weighted by atomic mass is 10.3. The molecule has 6 nitrogen and oxygen atoms in total. The first-order valence-corrected chi connectivity index (χ1v) is 5.02. The first kappa shape index (κ1) is 12.7. The standard InChI is InChI=1S/C10H18N4O2/c1-13(6-8(11)10(15)16-3)7-9-12-4-5-14(9)2/h4-5,8H,6-7,11H2,1-3H3. The van der Waals surface area contributed by atoms with Crippen LogP contribution in [0.2, 0.25) is 0 Å². The summed E-state index contributed by atoms with van der Waals surface area (Å²) in [7, 11) is 5.15. The highest BCUT2D eigenvalue weighted by molar-refractivity contribution is 5.75. The molecule has 1 atom stereocenters. The van der Waals surface area contributed by atoms with Crippen LogP contribution < -0.4 is 5.73 Å². The molecule has 0 aliphatic carbocycles. The zero-order valence-corrected chi connectivity index (χ0v) is 9.88. The molecule has 0 saturated carbocycles. The number of nitrogens with zero attached hydrogens (tertiary/aromatic N) is 3. The highest BCUT2D eigenvalue weighted by Gasteiger charge is 2.16. The second-order valence-corrected chi connectivity index (χ2v) is 3.78. The SMILES string of the molecule is COC(=O)C(N)CN(C)Cc1nccn1C. The molecule has 0 aromatic carbocycles. The van der Waals surface area contributed by atoms with Gasteiger partial charge in [-0.1, -0.05) is 0 Å². The van der Waals surface area contributed by atoms with Crippen molar-refractivity contribution in [3.63, 3.8) is 0 Å². The van der Waals surface area contributed by atoms with Gasteiger partial charge < -0.3 is 15.0 Å². The van der Waals surface area contributed by atoms with Gasteiger partial charge in [0.15, 0.2) is 0 Å². The van der Waals surface area contributed by atoms with Crippen molar-refractivity contribution in [2.75, 3.05) is 20.7 Å². The third-order valence-electron chi connectivity index (χ3n) is 2.34. The van der Waals surface area contributed by atoms with E-state index >= 15 is 0 Å². The Kier molecular flexibility index (Phi) is 4.45. The lowest BCUT2D eigenvalue weighted by Crippen LogP contribution is -2.41. The number of carbonyl (C=O) groups excluding carboxylic acids is 1. The van der Waals surface area contributed by atoms with Crippen molar-refractivity contribution in [3.8, 4) is 0 Å². The zero-order valence-electron chi connectivity index (χ0n) is 9.88. The third kappa shape index (κ3) is 3.32. The molecule has 0 bridgehead atoms. The number of aromatic nitrogens is 2. The van der Waals surface area contributed by atoms with Crippen molar-refractivity contribution in [2.24, 2.45) is 12.8 Å². The van der Waals surface area contributed by atoms with Gasteiger partial charge in [-0.05, 0) is 7.05 Å². The highest BCUT2D eigenvalue weighted by atomic mass is 16.5. The molecule has 0 saturated heterocycles. The summed E-state index contributed by atoms with van der Waals surface area (Å²) < 4.78 is 6.49. The zero-order chi connectivity index (χ0) is 12.1. The Morgan fingerprint density at radius 2 is 2.44 bits per heavy atom. The Morgan fingerprint density at radius 1 is 1.75 bits per heavy atom. The average molecular weight is 226 g/mol. The lowest BCUT2D eigenvalue weighted by molar-refractivity contribution is -0.142. The molecule has 0 aliphatic rings. The first-order chi connectivity index (χ1) is 7.54. The van der Waals surface area contributed by atoms with Gasteiger partial charge >= 0.3 is 5.97 Å². The summed E-state index contributed by atoms with van der Waals surface area (Å²) in [5.41, 5.74) is 5.65. The fraction of sp³-hybridized carbons (Fsp3) is 0.600. The van der Waals surface area contributed by atoms with E-state index in [1.165, 1.54) is 7.11 Å².